The molecule has 2 N–H and O–H groups in total. The Morgan fingerprint density at radius 3 is 2.59 bits per heavy atom. The molecule has 106 valence electrons. The van der Waals surface area contributed by atoms with E-state index >= 15 is 0 Å². The first-order chi connectivity index (χ1) is 10.7. The number of carboxylic acids is 1. The second kappa shape index (κ2) is 5.58. The molecule has 22 heavy (non-hydrogen) atoms. The number of benzene rings is 2. The molecule has 0 atom stereocenters. The van der Waals surface area contributed by atoms with Crippen molar-refractivity contribution in [1.29, 1.82) is 5.26 Å². The predicted octanol–water partition coefficient (Wildman–Crippen LogP) is 3.56. The van der Waals surface area contributed by atoms with Gasteiger partial charge in [0.15, 0.2) is 0 Å². The van der Waals surface area contributed by atoms with Crippen LogP contribution in [0, 0.1) is 11.3 Å². The predicted molar refractivity (Wildman–Crippen MR) is 84.2 cm³/mol. The lowest BCUT2D eigenvalue weighted by Gasteiger charge is -2.08. The van der Waals surface area contributed by atoms with Gasteiger partial charge in [-0.2, -0.15) is 5.26 Å². The van der Waals surface area contributed by atoms with Crippen molar-refractivity contribution >= 4 is 22.4 Å². The zero-order valence-corrected chi connectivity index (χ0v) is 11.6. The zero-order valence-electron chi connectivity index (χ0n) is 11.6. The van der Waals surface area contributed by atoms with Crippen molar-refractivity contribution in [1.82, 2.24) is 4.98 Å². The van der Waals surface area contributed by atoms with Gasteiger partial charge in [0.2, 0.25) is 0 Å². The highest BCUT2D eigenvalue weighted by Crippen LogP contribution is 2.27. The van der Waals surface area contributed by atoms with Crippen LogP contribution in [-0.4, -0.2) is 16.1 Å². The summed E-state index contributed by atoms with van der Waals surface area (Å²) in [5, 5.41) is 19.1. The molecular formula is C18H12N2O2. The van der Waals surface area contributed by atoms with Gasteiger partial charge in [-0.15, -0.1) is 0 Å². The minimum atomic E-state index is -1.01. The molecule has 0 bridgehead atoms. The number of nitriles is 1. The third-order valence-corrected chi connectivity index (χ3v) is 3.47. The number of carboxylic acid groups (broad SMARTS) is 1. The van der Waals surface area contributed by atoms with Crippen molar-refractivity contribution in [3.05, 3.63) is 77.5 Å². The lowest BCUT2D eigenvalue weighted by molar-refractivity contribution is -0.131. The minimum absolute atomic E-state index is 0.541. The molecule has 0 unspecified atom stereocenters. The molecule has 1 heterocycles. The van der Waals surface area contributed by atoms with Gasteiger partial charge in [-0.25, -0.2) is 4.79 Å². The van der Waals surface area contributed by atoms with E-state index < -0.39 is 5.97 Å². The summed E-state index contributed by atoms with van der Waals surface area (Å²) < 4.78 is 0. The standard InChI is InChI=1S/C18H12N2O2/c19-10-14-11-20-17-7-6-13(8-16(14)17)15(9-18(21)22)12-4-2-1-3-5-12/h1-9,11,20H,(H,21,22). The molecule has 1 aromatic heterocycles. The molecule has 0 amide bonds. The fraction of sp³-hybridized carbons (Fsp3) is 0. The van der Waals surface area contributed by atoms with E-state index in [0.29, 0.717) is 11.1 Å². The molecule has 0 spiro atoms. The van der Waals surface area contributed by atoms with Crippen molar-refractivity contribution in [3.8, 4) is 6.07 Å². The lowest BCUT2D eigenvalue weighted by Crippen LogP contribution is -1.94. The molecule has 3 rings (SSSR count). The highest BCUT2D eigenvalue weighted by atomic mass is 16.4. The number of H-pyrrole nitrogens is 1. The maximum atomic E-state index is 11.2. The maximum absolute atomic E-state index is 11.2. The van der Waals surface area contributed by atoms with E-state index in [1.807, 2.05) is 48.5 Å². The van der Waals surface area contributed by atoms with Crippen LogP contribution in [0.1, 0.15) is 16.7 Å². The van der Waals surface area contributed by atoms with E-state index in [9.17, 15) is 4.79 Å². The monoisotopic (exact) mass is 288 g/mol. The first-order valence-electron chi connectivity index (χ1n) is 6.70. The van der Waals surface area contributed by atoms with E-state index in [0.717, 1.165) is 22.0 Å². The molecule has 0 aliphatic heterocycles. The molecule has 0 saturated carbocycles. The van der Waals surface area contributed by atoms with Crippen LogP contribution in [0.25, 0.3) is 16.5 Å². The van der Waals surface area contributed by atoms with E-state index in [1.165, 1.54) is 6.08 Å². The number of fused-ring (bicyclic) bond motifs is 1. The highest BCUT2D eigenvalue weighted by Gasteiger charge is 2.10. The summed E-state index contributed by atoms with van der Waals surface area (Å²) in [6.07, 6.45) is 2.84. The second-order valence-corrected chi connectivity index (χ2v) is 4.84. The summed E-state index contributed by atoms with van der Waals surface area (Å²) in [4.78, 5) is 14.2. The van der Waals surface area contributed by atoms with Crippen LogP contribution in [-0.2, 0) is 4.79 Å². The molecule has 0 aliphatic carbocycles. The molecular weight excluding hydrogens is 276 g/mol. The van der Waals surface area contributed by atoms with Crippen LogP contribution in [0.4, 0.5) is 0 Å². The van der Waals surface area contributed by atoms with Gasteiger partial charge in [0.1, 0.15) is 6.07 Å². The van der Waals surface area contributed by atoms with Crippen molar-refractivity contribution in [2.24, 2.45) is 0 Å². The Morgan fingerprint density at radius 1 is 1.14 bits per heavy atom. The van der Waals surface area contributed by atoms with Crippen LogP contribution >= 0.6 is 0 Å². The number of aromatic nitrogens is 1. The number of hydrogen-bond donors (Lipinski definition) is 2. The number of nitrogens with one attached hydrogen (secondary N) is 1. The lowest BCUT2D eigenvalue weighted by atomic mass is 9.96. The van der Waals surface area contributed by atoms with Crippen LogP contribution in [0.5, 0.6) is 0 Å². The van der Waals surface area contributed by atoms with Gasteiger partial charge in [-0.1, -0.05) is 36.4 Å². The minimum Gasteiger partial charge on any atom is -0.478 e. The van der Waals surface area contributed by atoms with Crippen LogP contribution in [0.2, 0.25) is 0 Å². The molecule has 0 saturated heterocycles. The first kappa shape index (κ1) is 13.7. The Bertz CT molecular complexity index is 915. The largest absolute Gasteiger partial charge is 0.478 e. The first-order valence-corrected chi connectivity index (χ1v) is 6.70. The van der Waals surface area contributed by atoms with Gasteiger partial charge in [-0.3, -0.25) is 0 Å². The normalized spacial score (nSPS) is 11.3. The van der Waals surface area contributed by atoms with E-state index in [4.69, 9.17) is 10.4 Å². The fourth-order valence-corrected chi connectivity index (χ4v) is 2.46. The third-order valence-electron chi connectivity index (χ3n) is 3.47. The summed E-state index contributed by atoms with van der Waals surface area (Å²) in [6.45, 7) is 0. The quantitative estimate of drug-likeness (QED) is 0.723. The van der Waals surface area contributed by atoms with Gasteiger partial charge >= 0.3 is 5.97 Å². The average Bonchev–Trinajstić information content (AvgIpc) is 2.95. The molecule has 4 nitrogen and oxygen atoms in total. The number of carbonyl (C=O) groups is 1. The van der Waals surface area contributed by atoms with Crippen molar-refractivity contribution in [3.63, 3.8) is 0 Å². The Labute approximate surface area is 126 Å². The van der Waals surface area contributed by atoms with Crippen LogP contribution in [0.3, 0.4) is 0 Å². The van der Waals surface area contributed by atoms with Crippen molar-refractivity contribution < 1.29 is 9.90 Å². The number of aromatic amines is 1. The Kier molecular flexibility index (Phi) is 3.47. The van der Waals surface area contributed by atoms with Gasteiger partial charge in [0, 0.05) is 23.2 Å². The van der Waals surface area contributed by atoms with Crippen LogP contribution < -0.4 is 0 Å². The van der Waals surface area contributed by atoms with Gasteiger partial charge < -0.3 is 10.1 Å². The van der Waals surface area contributed by atoms with Gasteiger partial charge in [0.05, 0.1) is 5.56 Å². The highest BCUT2D eigenvalue weighted by molar-refractivity contribution is 5.98. The van der Waals surface area contributed by atoms with Gasteiger partial charge in [0.25, 0.3) is 0 Å². The summed E-state index contributed by atoms with van der Waals surface area (Å²) in [6, 6.07) is 17.0. The molecule has 0 fully saturated rings. The van der Waals surface area contributed by atoms with Gasteiger partial charge in [-0.05, 0) is 28.8 Å². The third kappa shape index (κ3) is 2.48. The second-order valence-electron chi connectivity index (χ2n) is 4.84. The van der Waals surface area contributed by atoms with E-state index in [2.05, 4.69) is 11.1 Å². The molecule has 0 radical (unpaired) electrons. The average molecular weight is 288 g/mol. The van der Waals surface area contributed by atoms with Crippen molar-refractivity contribution in [2.45, 2.75) is 0 Å². The molecule has 0 aliphatic rings. The SMILES string of the molecule is N#Cc1c[nH]c2ccc(C(=CC(=O)O)c3ccccc3)cc12. The van der Waals surface area contributed by atoms with E-state index in [-0.39, 0.29) is 0 Å². The summed E-state index contributed by atoms with van der Waals surface area (Å²) in [7, 11) is 0. The Balaban J connectivity index is 2.21. The maximum Gasteiger partial charge on any atom is 0.328 e. The number of aliphatic carboxylic acids is 1. The topological polar surface area (TPSA) is 76.9 Å². The van der Waals surface area contributed by atoms with Crippen LogP contribution in [0.15, 0.2) is 60.8 Å². The number of rotatable bonds is 3. The molecule has 2 aromatic carbocycles. The molecule has 3 aromatic rings. The number of hydrogen-bond acceptors (Lipinski definition) is 2. The smallest absolute Gasteiger partial charge is 0.328 e. The fourth-order valence-electron chi connectivity index (χ4n) is 2.46. The zero-order chi connectivity index (χ0) is 15.5. The van der Waals surface area contributed by atoms with Crippen molar-refractivity contribution in [2.75, 3.05) is 0 Å². The number of nitrogens with zero attached hydrogens (tertiary/aromatic N) is 1. The summed E-state index contributed by atoms with van der Waals surface area (Å²) in [5.41, 5.74) is 3.58. The summed E-state index contributed by atoms with van der Waals surface area (Å²) >= 11 is 0. The summed E-state index contributed by atoms with van der Waals surface area (Å²) in [5.74, 6) is -1.01. The Hall–Kier alpha value is -3.32. The molecule has 4 heteroatoms. The van der Waals surface area contributed by atoms with E-state index in [1.54, 1.807) is 6.20 Å². The Morgan fingerprint density at radius 2 is 1.91 bits per heavy atom.